The van der Waals surface area contributed by atoms with Gasteiger partial charge in [-0.15, -0.1) is 0 Å². The van der Waals surface area contributed by atoms with E-state index in [0.717, 1.165) is 21.6 Å². The van der Waals surface area contributed by atoms with E-state index >= 15 is 0 Å². The lowest BCUT2D eigenvalue weighted by atomic mass is 10.3. The van der Waals surface area contributed by atoms with Crippen molar-refractivity contribution in [1.29, 1.82) is 0 Å². The molecule has 0 unspecified atom stereocenters. The molecule has 0 saturated heterocycles. The van der Waals surface area contributed by atoms with Crippen molar-refractivity contribution in [3.8, 4) is 0 Å². The summed E-state index contributed by atoms with van der Waals surface area (Å²) in [4.78, 5) is 4.44. The van der Waals surface area contributed by atoms with E-state index in [4.69, 9.17) is 16.0 Å². The van der Waals surface area contributed by atoms with Crippen LogP contribution in [-0.2, 0) is 6.54 Å². The Morgan fingerprint density at radius 1 is 1.32 bits per heavy atom. The van der Waals surface area contributed by atoms with Gasteiger partial charge in [0.2, 0.25) is 0 Å². The molecule has 0 aliphatic heterocycles. The number of nitrogens with one attached hydrogen (secondary N) is 1. The average molecular weight is 408 g/mol. The Bertz CT molecular complexity index is 514. The molecule has 1 aromatic heterocycles. The molecule has 0 fully saturated rings. The molecular weight excluding hydrogens is 395 g/mol. The number of rotatable bonds is 3. The Morgan fingerprint density at radius 3 is 2.63 bits per heavy atom. The molecule has 1 N–H and O–H groups in total. The highest BCUT2D eigenvalue weighted by Crippen LogP contribution is 2.15. The molecule has 0 amide bonds. The lowest BCUT2D eigenvalue weighted by molar-refractivity contribution is -0.00000400. The number of thioether (sulfide) groups is 1. The van der Waals surface area contributed by atoms with Crippen LogP contribution in [0.5, 0.6) is 0 Å². The molecule has 2 aromatic rings. The number of amidine groups is 1. The summed E-state index contributed by atoms with van der Waals surface area (Å²) in [5.74, 6) is 0.847. The number of furan rings is 1. The van der Waals surface area contributed by atoms with E-state index in [2.05, 4.69) is 10.3 Å². The normalized spacial score (nSPS) is 10.9. The summed E-state index contributed by atoms with van der Waals surface area (Å²) < 4.78 is 5.23. The first-order chi connectivity index (χ1) is 8.78. The van der Waals surface area contributed by atoms with Gasteiger partial charge in [0, 0.05) is 10.7 Å². The zero-order valence-electron chi connectivity index (χ0n) is 10.3. The molecule has 0 radical (unpaired) electrons. The fraction of sp³-hybridized carbons (Fsp3) is 0.154. The van der Waals surface area contributed by atoms with Crippen LogP contribution < -0.4 is 29.3 Å². The molecule has 1 heterocycles. The Morgan fingerprint density at radius 2 is 2.05 bits per heavy atom. The number of halogens is 2. The SMILES string of the molecule is CSC(=NCc1ccco1)Nc1ccc(Cl)cc1.[I-]. The molecule has 0 atom stereocenters. The van der Waals surface area contributed by atoms with E-state index in [9.17, 15) is 0 Å². The lowest BCUT2D eigenvalue weighted by Gasteiger charge is -2.07. The minimum absolute atomic E-state index is 0. The van der Waals surface area contributed by atoms with Gasteiger partial charge in [-0.3, -0.25) is 4.99 Å². The van der Waals surface area contributed by atoms with E-state index < -0.39 is 0 Å². The first kappa shape index (κ1) is 16.4. The topological polar surface area (TPSA) is 37.5 Å². The number of nitrogens with zero attached hydrogens (tertiary/aromatic N) is 1. The first-order valence-electron chi connectivity index (χ1n) is 5.41. The fourth-order valence-electron chi connectivity index (χ4n) is 1.36. The highest BCUT2D eigenvalue weighted by atomic mass is 127. The number of hydrogen-bond acceptors (Lipinski definition) is 3. The van der Waals surface area contributed by atoms with Crippen molar-refractivity contribution in [2.75, 3.05) is 11.6 Å². The van der Waals surface area contributed by atoms with Gasteiger partial charge < -0.3 is 33.7 Å². The second-order valence-corrected chi connectivity index (χ2v) is 4.77. The van der Waals surface area contributed by atoms with Gasteiger partial charge in [0.05, 0.1) is 12.8 Å². The number of hydrogen-bond donors (Lipinski definition) is 1. The third kappa shape index (κ3) is 5.46. The standard InChI is InChI=1S/C13H13ClN2OS.HI/c1-18-13(15-9-12-3-2-8-17-12)16-11-6-4-10(14)5-7-11;/h2-8H,9H2,1H3,(H,15,16);1H/p-1. The van der Waals surface area contributed by atoms with E-state index in [1.165, 1.54) is 0 Å². The summed E-state index contributed by atoms with van der Waals surface area (Å²) >= 11 is 7.39. The quantitative estimate of drug-likeness (QED) is 0.473. The van der Waals surface area contributed by atoms with Crippen LogP contribution in [0.15, 0.2) is 52.1 Å². The van der Waals surface area contributed by atoms with Crippen molar-refractivity contribution in [1.82, 2.24) is 0 Å². The molecule has 0 aliphatic rings. The largest absolute Gasteiger partial charge is 1.00 e. The Hall–Kier alpha value is -0.660. The van der Waals surface area contributed by atoms with E-state index in [0.29, 0.717) is 6.54 Å². The number of aliphatic imine (C=N–C) groups is 1. The monoisotopic (exact) mass is 407 g/mol. The summed E-state index contributed by atoms with van der Waals surface area (Å²) in [6.45, 7) is 0.532. The van der Waals surface area contributed by atoms with Crippen LogP contribution in [0.1, 0.15) is 5.76 Å². The van der Waals surface area contributed by atoms with Gasteiger partial charge >= 0.3 is 0 Å². The van der Waals surface area contributed by atoms with E-state index in [-0.39, 0.29) is 24.0 Å². The van der Waals surface area contributed by atoms with Crippen LogP contribution in [0.2, 0.25) is 5.02 Å². The molecule has 0 saturated carbocycles. The van der Waals surface area contributed by atoms with Gasteiger partial charge in [0.1, 0.15) is 5.76 Å². The Labute approximate surface area is 138 Å². The maximum Gasteiger partial charge on any atom is 0.161 e. The minimum Gasteiger partial charge on any atom is -1.00 e. The lowest BCUT2D eigenvalue weighted by Crippen LogP contribution is -3.00. The second-order valence-electron chi connectivity index (χ2n) is 3.54. The summed E-state index contributed by atoms with van der Waals surface area (Å²) in [6.07, 6.45) is 3.63. The third-order valence-corrected chi connectivity index (χ3v) is 3.12. The molecule has 3 nitrogen and oxygen atoms in total. The van der Waals surface area contributed by atoms with Crippen LogP contribution in [0.25, 0.3) is 0 Å². The Kier molecular flexibility index (Phi) is 7.33. The predicted octanol–water partition coefficient (Wildman–Crippen LogP) is 1.27. The van der Waals surface area contributed by atoms with Crippen molar-refractivity contribution in [3.63, 3.8) is 0 Å². The number of anilines is 1. The van der Waals surface area contributed by atoms with Crippen molar-refractivity contribution in [2.24, 2.45) is 4.99 Å². The van der Waals surface area contributed by atoms with Crippen molar-refractivity contribution in [3.05, 3.63) is 53.4 Å². The van der Waals surface area contributed by atoms with Crippen molar-refractivity contribution >= 4 is 34.2 Å². The third-order valence-electron chi connectivity index (χ3n) is 2.25. The summed E-state index contributed by atoms with van der Waals surface area (Å²) in [7, 11) is 0. The van der Waals surface area contributed by atoms with Crippen molar-refractivity contribution < 1.29 is 28.4 Å². The first-order valence-corrected chi connectivity index (χ1v) is 7.01. The molecular formula is C13H13ClIN2OS-. The van der Waals surface area contributed by atoms with Gasteiger partial charge in [-0.2, -0.15) is 0 Å². The fourth-order valence-corrected chi connectivity index (χ4v) is 1.90. The van der Waals surface area contributed by atoms with Crippen molar-refractivity contribution in [2.45, 2.75) is 6.54 Å². The molecule has 102 valence electrons. The maximum absolute atomic E-state index is 5.84. The van der Waals surface area contributed by atoms with Crippen LogP contribution in [0.4, 0.5) is 5.69 Å². The molecule has 0 bridgehead atoms. The molecule has 0 aliphatic carbocycles. The zero-order valence-corrected chi connectivity index (χ0v) is 14.0. The van der Waals surface area contributed by atoms with Gasteiger partial charge in [-0.05, 0) is 42.7 Å². The molecule has 0 spiro atoms. The van der Waals surface area contributed by atoms with E-state index in [1.807, 2.05) is 42.7 Å². The zero-order chi connectivity index (χ0) is 12.8. The molecule has 19 heavy (non-hydrogen) atoms. The van der Waals surface area contributed by atoms with Gasteiger partial charge in [0.25, 0.3) is 0 Å². The Balaban J connectivity index is 0.00000180. The highest BCUT2D eigenvalue weighted by molar-refractivity contribution is 8.13. The van der Waals surface area contributed by atoms with Crippen LogP contribution in [0, 0.1) is 0 Å². The van der Waals surface area contributed by atoms with Gasteiger partial charge in [0.15, 0.2) is 5.17 Å². The maximum atomic E-state index is 5.84. The average Bonchev–Trinajstić information content (AvgIpc) is 2.90. The minimum atomic E-state index is 0. The van der Waals surface area contributed by atoms with Gasteiger partial charge in [-0.25, -0.2) is 0 Å². The summed E-state index contributed by atoms with van der Waals surface area (Å²) in [5.41, 5.74) is 0.965. The molecule has 2 rings (SSSR count). The molecule has 6 heteroatoms. The van der Waals surface area contributed by atoms with Gasteiger partial charge in [-0.1, -0.05) is 23.4 Å². The second kappa shape index (κ2) is 8.50. The number of benzene rings is 1. The van der Waals surface area contributed by atoms with Crippen LogP contribution in [0.3, 0.4) is 0 Å². The summed E-state index contributed by atoms with van der Waals surface area (Å²) in [5, 5.41) is 4.79. The van der Waals surface area contributed by atoms with E-state index in [1.54, 1.807) is 18.0 Å². The van der Waals surface area contributed by atoms with Crippen LogP contribution in [-0.4, -0.2) is 11.4 Å². The van der Waals surface area contributed by atoms with Crippen LogP contribution >= 0.6 is 23.4 Å². The molecule has 1 aromatic carbocycles. The summed E-state index contributed by atoms with van der Waals surface area (Å²) in [6, 6.07) is 11.3. The highest BCUT2D eigenvalue weighted by Gasteiger charge is 2.00. The predicted molar refractivity (Wildman–Crippen MR) is 78.4 cm³/mol. The smallest absolute Gasteiger partial charge is 0.161 e.